The first-order valence-corrected chi connectivity index (χ1v) is 7.97. The molecule has 0 amide bonds. The maximum absolute atomic E-state index is 12.5. The summed E-state index contributed by atoms with van der Waals surface area (Å²) in [6.45, 7) is 0. The molecule has 20 heavy (non-hydrogen) atoms. The van der Waals surface area contributed by atoms with E-state index in [1.54, 1.807) is 18.0 Å². The number of hydrogen-bond acceptors (Lipinski definition) is 3. The molecule has 0 fully saturated rings. The molecule has 1 heterocycles. The molecule has 3 rings (SSSR count). The first-order chi connectivity index (χ1) is 9.84. The van der Waals surface area contributed by atoms with Crippen LogP contribution < -0.4 is 0 Å². The smallest absolute Gasteiger partial charge is 0.152 e. The lowest BCUT2D eigenvalue weighted by Crippen LogP contribution is -2.21. The molecule has 0 N–H and O–H groups in total. The Labute approximate surface area is 123 Å². The van der Waals surface area contributed by atoms with Gasteiger partial charge in [-0.25, -0.2) is 0 Å². The summed E-state index contributed by atoms with van der Waals surface area (Å²) in [6.07, 6.45) is 4.89. The zero-order valence-electron chi connectivity index (χ0n) is 11.3. The van der Waals surface area contributed by atoms with Crippen LogP contribution >= 0.6 is 11.8 Å². The molecule has 1 aromatic carbocycles. The van der Waals surface area contributed by atoms with Crippen molar-refractivity contribution >= 4 is 17.5 Å². The highest BCUT2D eigenvalue weighted by molar-refractivity contribution is 8.00. The quantitative estimate of drug-likeness (QED) is 0.798. The first kappa shape index (κ1) is 13.4. The van der Waals surface area contributed by atoms with Crippen LogP contribution in [0.2, 0.25) is 0 Å². The van der Waals surface area contributed by atoms with E-state index in [0.717, 1.165) is 29.9 Å². The number of hydrogen-bond donors (Lipinski definition) is 0. The molecule has 2 aromatic rings. The van der Waals surface area contributed by atoms with Gasteiger partial charge in [-0.1, -0.05) is 24.3 Å². The van der Waals surface area contributed by atoms with Crippen molar-refractivity contribution in [3.05, 3.63) is 59.9 Å². The Hall–Kier alpha value is -1.61. The maximum atomic E-state index is 12.5. The standard InChI is InChI=1S/C17H17NOS/c19-16(12-20-14-8-2-1-3-9-14)15-10-4-6-13-7-5-11-18-17(13)15/h1-3,5,7-9,11,15H,4,6,10,12H2. The fraction of sp³-hybridized carbons (Fsp3) is 0.294. The lowest BCUT2D eigenvalue weighted by molar-refractivity contribution is -0.118. The van der Waals surface area contributed by atoms with Crippen LogP contribution in [-0.2, 0) is 11.2 Å². The number of aryl methyl sites for hydroxylation is 1. The summed E-state index contributed by atoms with van der Waals surface area (Å²) < 4.78 is 0. The van der Waals surface area contributed by atoms with Crippen LogP contribution in [0, 0.1) is 0 Å². The number of ketones is 1. The molecule has 0 aliphatic heterocycles. The summed E-state index contributed by atoms with van der Waals surface area (Å²) >= 11 is 1.62. The fourth-order valence-corrected chi connectivity index (χ4v) is 3.55. The Morgan fingerprint density at radius 2 is 2.05 bits per heavy atom. The summed E-state index contributed by atoms with van der Waals surface area (Å²) in [4.78, 5) is 18.1. The lowest BCUT2D eigenvalue weighted by atomic mass is 9.84. The molecule has 0 saturated heterocycles. The number of pyridine rings is 1. The molecule has 1 aliphatic rings. The van der Waals surface area contributed by atoms with E-state index in [0.29, 0.717) is 11.5 Å². The van der Waals surface area contributed by atoms with Crippen molar-refractivity contribution in [3.63, 3.8) is 0 Å². The Balaban J connectivity index is 1.69. The summed E-state index contributed by atoms with van der Waals surface area (Å²) in [5.74, 6) is 0.833. The van der Waals surface area contributed by atoms with E-state index < -0.39 is 0 Å². The van der Waals surface area contributed by atoms with Crippen LogP contribution in [-0.4, -0.2) is 16.5 Å². The third kappa shape index (κ3) is 2.93. The molecule has 2 nitrogen and oxygen atoms in total. The van der Waals surface area contributed by atoms with E-state index in [2.05, 4.69) is 11.1 Å². The minimum Gasteiger partial charge on any atom is -0.298 e. The number of Topliss-reactive ketones (excluding diaryl/α,β-unsaturated/α-hetero) is 1. The zero-order valence-corrected chi connectivity index (χ0v) is 12.1. The SMILES string of the molecule is O=C(CSc1ccccc1)C1CCCc2cccnc21. The number of nitrogens with zero attached hydrogens (tertiary/aromatic N) is 1. The van der Waals surface area contributed by atoms with Gasteiger partial charge in [0.25, 0.3) is 0 Å². The molecule has 1 aromatic heterocycles. The van der Waals surface area contributed by atoms with Crippen LogP contribution in [0.5, 0.6) is 0 Å². The molecule has 1 unspecified atom stereocenters. The number of carbonyl (C=O) groups is 1. The predicted molar refractivity (Wildman–Crippen MR) is 82.1 cm³/mol. The van der Waals surface area contributed by atoms with Crippen molar-refractivity contribution in [1.29, 1.82) is 0 Å². The van der Waals surface area contributed by atoms with Crippen molar-refractivity contribution < 1.29 is 4.79 Å². The average Bonchev–Trinajstić information content (AvgIpc) is 2.53. The van der Waals surface area contributed by atoms with Gasteiger partial charge in [-0.3, -0.25) is 9.78 Å². The average molecular weight is 283 g/mol. The van der Waals surface area contributed by atoms with Gasteiger partial charge in [0.2, 0.25) is 0 Å². The Morgan fingerprint density at radius 3 is 2.90 bits per heavy atom. The van der Waals surface area contributed by atoms with E-state index in [1.807, 2.05) is 36.4 Å². The predicted octanol–water partition coefficient (Wildman–Crippen LogP) is 3.86. The molecule has 0 saturated carbocycles. The van der Waals surface area contributed by atoms with Crippen LogP contribution in [0.25, 0.3) is 0 Å². The third-order valence-corrected chi connectivity index (χ3v) is 4.74. The number of thioether (sulfide) groups is 1. The minimum atomic E-state index is -0.00355. The van der Waals surface area contributed by atoms with Gasteiger partial charge >= 0.3 is 0 Å². The highest BCUT2D eigenvalue weighted by atomic mass is 32.2. The van der Waals surface area contributed by atoms with E-state index in [4.69, 9.17) is 0 Å². The number of benzene rings is 1. The summed E-state index contributed by atoms with van der Waals surface area (Å²) in [5.41, 5.74) is 2.26. The first-order valence-electron chi connectivity index (χ1n) is 6.99. The Morgan fingerprint density at radius 1 is 1.20 bits per heavy atom. The van der Waals surface area contributed by atoms with Gasteiger partial charge in [-0.15, -0.1) is 11.8 Å². The molecule has 102 valence electrons. The third-order valence-electron chi connectivity index (χ3n) is 3.71. The topological polar surface area (TPSA) is 30.0 Å². The molecular weight excluding hydrogens is 266 g/mol. The molecule has 1 aliphatic carbocycles. The van der Waals surface area contributed by atoms with Gasteiger partial charge in [0.1, 0.15) is 0 Å². The van der Waals surface area contributed by atoms with Crippen LogP contribution in [0.1, 0.15) is 30.0 Å². The highest BCUT2D eigenvalue weighted by Gasteiger charge is 2.27. The molecule has 0 radical (unpaired) electrons. The maximum Gasteiger partial charge on any atom is 0.152 e. The Kier molecular flexibility index (Phi) is 4.16. The normalized spacial score (nSPS) is 17.5. The highest BCUT2D eigenvalue weighted by Crippen LogP contribution is 2.32. The van der Waals surface area contributed by atoms with Gasteiger partial charge in [-0.2, -0.15) is 0 Å². The largest absolute Gasteiger partial charge is 0.298 e. The second kappa shape index (κ2) is 6.23. The lowest BCUT2D eigenvalue weighted by Gasteiger charge is -2.22. The van der Waals surface area contributed by atoms with Crippen molar-refractivity contribution in [2.75, 3.05) is 5.75 Å². The van der Waals surface area contributed by atoms with E-state index in [-0.39, 0.29) is 5.92 Å². The Bertz CT molecular complexity index is 597. The van der Waals surface area contributed by atoms with Crippen molar-refractivity contribution in [1.82, 2.24) is 4.98 Å². The van der Waals surface area contributed by atoms with Crippen LogP contribution in [0.4, 0.5) is 0 Å². The molecule has 0 spiro atoms. The van der Waals surface area contributed by atoms with Gasteiger partial charge in [0.05, 0.1) is 17.4 Å². The van der Waals surface area contributed by atoms with E-state index >= 15 is 0 Å². The minimum absolute atomic E-state index is 0.00355. The van der Waals surface area contributed by atoms with Crippen molar-refractivity contribution in [2.45, 2.75) is 30.1 Å². The molecule has 1 atom stereocenters. The fourth-order valence-electron chi connectivity index (χ4n) is 2.69. The van der Waals surface area contributed by atoms with Gasteiger partial charge in [-0.05, 0) is 43.0 Å². The molecular formula is C17H17NOS. The summed E-state index contributed by atoms with van der Waals surface area (Å²) in [6, 6.07) is 14.2. The number of carbonyl (C=O) groups excluding carboxylic acids is 1. The summed E-state index contributed by atoms with van der Waals surface area (Å²) in [5, 5.41) is 0. The summed E-state index contributed by atoms with van der Waals surface area (Å²) in [7, 11) is 0. The second-order valence-corrected chi connectivity index (χ2v) is 6.11. The molecule has 0 bridgehead atoms. The van der Waals surface area contributed by atoms with Gasteiger partial charge < -0.3 is 0 Å². The number of aromatic nitrogens is 1. The van der Waals surface area contributed by atoms with Crippen molar-refractivity contribution in [3.8, 4) is 0 Å². The monoisotopic (exact) mass is 283 g/mol. The van der Waals surface area contributed by atoms with Gasteiger partial charge in [0, 0.05) is 11.1 Å². The number of fused-ring (bicyclic) bond motifs is 1. The van der Waals surface area contributed by atoms with Crippen molar-refractivity contribution in [2.24, 2.45) is 0 Å². The van der Waals surface area contributed by atoms with Gasteiger partial charge in [0.15, 0.2) is 5.78 Å². The molecule has 3 heteroatoms. The number of rotatable bonds is 4. The van der Waals surface area contributed by atoms with Crippen LogP contribution in [0.15, 0.2) is 53.6 Å². The zero-order chi connectivity index (χ0) is 13.8. The van der Waals surface area contributed by atoms with E-state index in [1.165, 1.54) is 5.56 Å². The van der Waals surface area contributed by atoms with Crippen LogP contribution in [0.3, 0.4) is 0 Å². The second-order valence-electron chi connectivity index (χ2n) is 5.06. The van der Waals surface area contributed by atoms with E-state index in [9.17, 15) is 4.79 Å².